The minimum atomic E-state index is -0.165. The van der Waals surface area contributed by atoms with Crippen LogP contribution in [0.2, 0.25) is 5.02 Å². The first-order chi connectivity index (χ1) is 13.5. The van der Waals surface area contributed by atoms with Crippen LogP contribution < -0.4 is 14.8 Å². The van der Waals surface area contributed by atoms with E-state index in [2.05, 4.69) is 15.5 Å². The second kappa shape index (κ2) is 8.75. The first kappa shape index (κ1) is 19.7. The van der Waals surface area contributed by atoms with E-state index < -0.39 is 0 Å². The molecule has 28 heavy (non-hydrogen) atoms. The molecule has 2 aromatic carbocycles. The third-order valence-corrected chi connectivity index (χ3v) is 4.39. The van der Waals surface area contributed by atoms with Gasteiger partial charge in [0.15, 0.2) is 11.5 Å². The van der Waals surface area contributed by atoms with E-state index >= 15 is 0 Å². The van der Waals surface area contributed by atoms with Crippen LogP contribution in [0.1, 0.15) is 17.9 Å². The molecule has 3 aromatic rings. The number of aryl methyl sites for hydroxylation is 2. The molecule has 0 saturated carbocycles. The number of nitrogens with zero attached hydrogens (tertiary/aromatic N) is 2. The van der Waals surface area contributed by atoms with Gasteiger partial charge in [-0.2, -0.15) is 4.98 Å². The first-order valence-electron chi connectivity index (χ1n) is 8.61. The maximum Gasteiger partial charge on any atom is 0.227 e. The minimum Gasteiger partial charge on any atom is -0.493 e. The molecule has 0 spiro atoms. The van der Waals surface area contributed by atoms with E-state index in [4.69, 9.17) is 25.6 Å². The molecule has 1 N–H and O–H groups in total. The van der Waals surface area contributed by atoms with Crippen LogP contribution in [-0.2, 0) is 11.2 Å². The number of amides is 1. The van der Waals surface area contributed by atoms with Crippen molar-refractivity contribution in [3.05, 3.63) is 52.9 Å². The molecule has 0 fully saturated rings. The maximum atomic E-state index is 12.3. The molecule has 0 saturated heterocycles. The number of benzene rings is 2. The van der Waals surface area contributed by atoms with Gasteiger partial charge >= 0.3 is 0 Å². The Kier molecular flexibility index (Phi) is 6.16. The third kappa shape index (κ3) is 4.61. The van der Waals surface area contributed by atoms with Gasteiger partial charge in [-0.05, 0) is 42.8 Å². The number of ether oxygens (including phenoxy) is 2. The quantitative estimate of drug-likeness (QED) is 0.635. The topological polar surface area (TPSA) is 86.5 Å². The number of rotatable bonds is 7. The third-order valence-electron chi connectivity index (χ3n) is 4.14. The molecule has 0 radical (unpaired) electrons. The lowest BCUT2D eigenvalue weighted by atomic mass is 10.1. The van der Waals surface area contributed by atoms with E-state index in [9.17, 15) is 4.79 Å². The number of methoxy groups -OCH3 is 2. The van der Waals surface area contributed by atoms with Crippen molar-refractivity contribution in [3.8, 4) is 22.9 Å². The van der Waals surface area contributed by atoms with Gasteiger partial charge in [0.1, 0.15) is 0 Å². The largest absolute Gasteiger partial charge is 0.493 e. The molecule has 1 aromatic heterocycles. The summed E-state index contributed by atoms with van der Waals surface area (Å²) in [5, 5.41) is 7.45. The molecule has 0 aliphatic heterocycles. The Hall–Kier alpha value is -3.06. The van der Waals surface area contributed by atoms with E-state index in [1.54, 1.807) is 32.4 Å². The zero-order valence-corrected chi connectivity index (χ0v) is 16.5. The number of hydrogen-bond donors (Lipinski definition) is 1. The van der Waals surface area contributed by atoms with Gasteiger partial charge in [0.2, 0.25) is 17.6 Å². The maximum absolute atomic E-state index is 12.3. The summed E-state index contributed by atoms with van der Waals surface area (Å²) < 4.78 is 15.8. The highest BCUT2D eigenvalue weighted by molar-refractivity contribution is 6.30. The van der Waals surface area contributed by atoms with Gasteiger partial charge in [-0.3, -0.25) is 4.79 Å². The van der Waals surface area contributed by atoms with Gasteiger partial charge in [0, 0.05) is 35.2 Å². The van der Waals surface area contributed by atoms with E-state index in [1.165, 1.54) is 0 Å². The van der Waals surface area contributed by atoms with Crippen LogP contribution in [-0.4, -0.2) is 30.3 Å². The van der Waals surface area contributed by atoms with E-state index in [0.29, 0.717) is 40.3 Å². The van der Waals surface area contributed by atoms with Crippen molar-refractivity contribution in [1.29, 1.82) is 0 Å². The Balaban J connectivity index is 1.61. The molecule has 146 valence electrons. The summed E-state index contributed by atoms with van der Waals surface area (Å²) in [4.78, 5) is 16.6. The van der Waals surface area contributed by atoms with Crippen molar-refractivity contribution in [2.75, 3.05) is 19.5 Å². The van der Waals surface area contributed by atoms with Crippen molar-refractivity contribution in [1.82, 2.24) is 10.1 Å². The highest BCUT2D eigenvalue weighted by Gasteiger charge is 2.13. The molecule has 8 heteroatoms. The summed E-state index contributed by atoms with van der Waals surface area (Å²) in [6, 6.07) is 10.7. The Labute approximate surface area is 167 Å². The van der Waals surface area contributed by atoms with Crippen LogP contribution in [0.3, 0.4) is 0 Å². The monoisotopic (exact) mass is 401 g/mol. The lowest BCUT2D eigenvalue weighted by Crippen LogP contribution is -2.13. The fourth-order valence-electron chi connectivity index (χ4n) is 2.62. The summed E-state index contributed by atoms with van der Waals surface area (Å²) >= 11 is 5.88. The van der Waals surface area contributed by atoms with Crippen molar-refractivity contribution in [2.24, 2.45) is 0 Å². The summed E-state index contributed by atoms with van der Waals surface area (Å²) in [6.07, 6.45) is 0.537. The van der Waals surface area contributed by atoms with E-state index in [-0.39, 0.29) is 12.3 Å². The van der Waals surface area contributed by atoms with Gasteiger partial charge in [0.05, 0.1) is 14.2 Å². The zero-order valence-electron chi connectivity index (χ0n) is 15.8. The molecule has 0 unspecified atom stereocenters. The molecule has 0 aliphatic rings. The molecule has 1 amide bonds. The molecule has 1 heterocycles. The normalized spacial score (nSPS) is 10.6. The predicted octanol–water partition coefficient (Wildman–Crippen LogP) is 4.29. The van der Waals surface area contributed by atoms with Gasteiger partial charge in [-0.25, -0.2) is 0 Å². The Morgan fingerprint density at radius 2 is 1.82 bits per heavy atom. The molecule has 0 atom stereocenters. The van der Waals surface area contributed by atoms with Crippen LogP contribution in [0.4, 0.5) is 5.69 Å². The SMILES string of the molecule is COc1cc(C)c(NC(=O)CCc2nc(-c3ccc(Cl)cc3)no2)cc1OC. The van der Waals surface area contributed by atoms with Crippen LogP contribution >= 0.6 is 11.6 Å². The van der Waals surface area contributed by atoms with Gasteiger partial charge in [-0.15, -0.1) is 0 Å². The van der Waals surface area contributed by atoms with Gasteiger partial charge in [-0.1, -0.05) is 16.8 Å². The predicted molar refractivity (Wildman–Crippen MR) is 106 cm³/mol. The Bertz CT molecular complexity index is 970. The highest BCUT2D eigenvalue weighted by Crippen LogP contribution is 2.33. The number of carbonyl (C=O) groups excluding carboxylic acids is 1. The van der Waals surface area contributed by atoms with Crippen molar-refractivity contribution >= 4 is 23.2 Å². The number of anilines is 1. The van der Waals surface area contributed by atoms with Gasteiger partial charge in [0.25, 0.3) is 0 Å². The standard InChI is InChI=1S/C20H20ClN3O4/c1-12-10-16(26-2)17(27-3)11-15(12)22-18(25)8-9-19-23-20(24-28-19)13-4-6-14(21)7-5-13/h4-7,10-11H,8-9H2,1-3H3,(H,22,25). The average molecular weight is 402 g/mol. The Morgan fingerprint density at radius 1 is 1.14 bits per heavy atom. The molecular weight excluding hydrogens is 382 g/mol. The fourth-order valence-corrected chi connectivity index (χ4v) is 2.75. The number of aromatic nitrogens is 2. The van der Waals surface area contributed by atoms with Crippen molar-refractivity contribution in [3.63, 3.8) is 0 Å². The highest BCUT2D eigenvalue weighted by atomic mass is 35.5. The number of nitrogens with one attached hydrogen (secondary N) is 1. The van der Waals surface area contributed by atoms with Crippen molar-refractivity contribution in [2.45, 2.75) is 19.8 Å². The van der Waals surface area contributed by atoms with Crippen molar-refractivity contribution < 1.29 is 18.8 Å². The zero-order chi connectivity index (χ0) is 20.1. The molecular formula is C20H20ClN3O4. The van der Waals surface area contributed by atoms with E-state index in [0.717, 1.165) is 11.1 Å². The smallest absolute Gasteiger partial charge is 0.227 e. The van der Waals surface area contributed by atoms with Gasteiger partial charge < -0.3 is 19.3 Å². The average Bonchev–Trinajstić information content (AvgIpc) is 3.17. The summed E-state index contributed by atoms with van der Waals surface area (Å²) in [7, 11) is 3.12. The number of halogens is 1. The summed E-state index contributed by atoms with van der Waals surface area (Å²) in [5.41, 5.74) is 2.33. The Morgan fingerprint density at radius 3 is 2.50 bits per heavy atom. The van der Waals surface area contributed by atoms with Crippen LogP contribution in [0.5, 0.6) is 11.5 Å². The van der Waals surface area contributed by atoms with Crippen LogP contribution in [0.15, 0.2) is 40.9 Å². The molecule has 7 nitrogen and oxygen atoms in total. The van der Waals surface area contributed by atoms with E-state index in [1.807, 2.05) is 25.1 Å². The summed E-state index contributed by atoms with van der Waals surface area (Å²) in [6.45, 7) is 1.88. The van der Waals surface area contributed by atoms with Crippen LogP contribution in [0.25, 0.3) is 11.4 Å². The van der Waals surface area contributed by atoms with Crippen LogP contribution in [0, 0.1) is 6.92 Å². The second-order valence-electron chi connectivity index (χ2n) is 6.09. The molecule has 0 aliphatic carbocycles. The lowest BCUT2D eigenvalue weighted by molar-refractivity contribution is -0.116. The first-order valence-corrected chi connectivity index (χ1v) is 8.99. The minimum absolute atomic E-state index is 0.165. The number of hydrogen-bond acceptors (Lipinski definition) is 6. The number of carbonyl (C=O) groups is 1. The molecule has 3 rings (SSSR count). The fraction of sp³-hybridized carbons (Fsp3) is 0.250. The lowest BCUT2D eigenvalue weighted by Gasteiger charge is -2.13. The molecule has 0 bridgehead atoms. The summed E-state index contributed by atoms with van der Waals surface area (Å²) in [5.74, 6) is 1.85. The second-order valence-corrected chi connectivity index (χ2v) is 6.53.